The van der Waals surface area contributed by atoms with Gasteiger partial charge in [-0.05, 0) is 38.3 Å². The van der Waals surface area contributed by atoms with Crippen LogP contribution in [0.25, 0.3) is 0 Å². The quantitative estimate of drug-likeness (QED) is 0.821. The molecular weight excluding hydrogens is 241 g/mol. The smallest absolute Gasteiger partial charge is 0.170 e. The van der Waals surface area contributed by atoms with Crippen LogP contribution in [0.15, 0.2) is 12.3 Å². The summed E-state index contributed by atoms with van der Waals surface area (Å²) >= 11 is 0. The molecule has 0 radical (unpaired) electrons. The molecule has 0 atom stereocenters. The number of anilines is 1. The van der Waals surface area contributed by atoms with E-state index in [1.807, 2.05) is 7.05 Å². The molecule has 1 aromatic heterocycles. The van der Waals surface area contributed by atoms with E-state index in [-0.39, 0.29) is 5.82 Å². The summed E-state index contributed by atoms with van der Waals surface area (Å²) in [4.78, 5) is 6.45. The first kappa shape index (κ1) is 14.3. The number of halogens is 1. The predicted molar refractivity (Wildman–Crippen MR) is 76.8 cm³/mol. The zero-order valence-corrected chi connectivity index (χ0v) is 12.1. The van der Waals surface area contributed by atoms with Crippen LogP contribution in [0.4, 0.5) is 10.2 Å². The van der Waals surface area contributed by atoms with E-state index in [0.29, 0.717) is 29.9 Å². The minimum Gasteiger partial charge on any atom is -0.351 e. The van der Waals surface area contributed by atoms with Crippen molar-refractivity contribution < 1.29 is 4.39 Å². The average Bonchev–Trinajstić information content (AvgIpc) is 3.18. The Morgan fingerprint density at radius 3 is 2.79 bits per heavy atom. The maximum Gasteiger partial charge on any atom is 0.170 e. The van der Waals surface area contributed by atoms with Crippen LogP contribution in [0.3, 0.4) is 0 Å². The van der Waals surface area contributed by atoms with Gasteiger partial charge in [-0.1, -0.05) is 13.8 Å². The first-order chi connectivity index (χ1) is 9.13. The molecular formula is C15H24FN3. The second-order valence-corrected chi connectivity index (χ2v) is 5.75. The molecule has 4 heteroatoms. The summed E-state index contributed by atoms with van der Waals surface area (Å²) in [5.41, 5.74) is 0.697. The number of hydrogen-bond acceptors (Lipinski definition) is 3. The lowest BCUT2D eigenvalue weighted by Gasteiger charge is -2.25. The average molecular weight is 265 g/mol. The highest BCUT2D eigenvalue weighted by Crippen LogP contribution is 2.33. The molecule has 1 aromatic rings. The van der Waals surface area contributed by atoms with Crippen LogP contribution >= 0.6 is 0 Å². The standard InChI is InChI=1S/C15H24FN3/c1-11(2)7-9-19(13-4-5-13)15-14(16)12(10-17-3)6-8-18-15/h6,8,11,13,17H,4-5,7,9-10H2,1-3H3. The zero-order valence-electron chi connectivity index (χ0n) is 12.1. The van der Waals surface area contributed by atoms with Crippen molar-refractivity contribution in [3.05, 3.63) is 23.6 Å². The van der Waals surface area contributed by atoms with Gasteiger partial charge in [0.05, 0.1) is 0 Å². The molecule has 1 N–H and O–H groups in total. The van der Waals surface area contributed by atoms with Gasteiger partial charge in [-0.3, -0.25) is 0 Å². The van der Waals surface area contributed by atoms with Gasteiger partial charge in [0.2, 0.25) is 0 Å². The fourth-order valence-corrected chi connectivity index (χ4v) is 2.24. The van der Waals surface area contributed by atoms with Gasteiger partial charge in [-0.2, -0.15) is 0 Å². The summed E-state index contributed by atoms with van der Waals surface area (Å²) < 4.78 is 14.5. The highest BCUT2D eigenvalue weighted by Gasteiger charge is 2.31. The Hall–Kier alpha value is -1.16. The van der Waals surface area contributed by atoms with Crippen LogP contribution < -0.4 is 10.2 Å². The second kappa shape index (κ2) is 6.33. The predicted octanol–water partition coefficient (Wildman–Crippen LogP) is 2.96. The van der Waals surface area contributed by atoms with E-state index in [1.165, 1.54) is 0 Å². The third-order valence-corrected chi connectivity index (χ3v) is 3.53. The SMILES string of the molecule is CNCc1ccnc(N(CCC(C)C)C2CC2)c1F. The molecule has 1 aliphatic rings. The maximum absolute atomic E-state index is 14.5. The third-order valence-electron chi connectivity index (χ3n) is 3.53. The third kappa shape index (κ3) is 3.66. The summed E-state index contributed by atoms with van der Waals surface area (Å²) in [7, 11) is 1.83. The van der Waals surface area contributed by atoms with E-state index >= 15 is 0 Å². The van der Waals surface area contributed by atoms with Gasteiger partial charge in [-0.15, -0.1) is 0 Å². The fraction of sp³-hybridized carbons (Fsp3) is 0.667. The molecule has 0 spiro atoms. The van der Waals surface area contributed by atoms with Crippen LogP contribution in [0.5, 0.6) is 0 Å². The molecule has 1 heterocycles. The molecule has 2 rings (SSSR count). The Labute approximate surface area is 115 Å². The number of hydrogen-bond donors (Lipinski definition) is 1. The lowest BCUT2D eigenvalue weighted by molar-refractivity contribution is 0.547. The summed E-state index contributed by atoms with van der Waals surface area (Å²) in [5, 5.41) is 3.00. The number of nitrogens with one attached hydrogen (secondary N) is 1. The Morgan fingerprint density at radius 1 is 1.47 bits per heavy atom. The van der Waals surface area contributed by atoms with Crippen LogP contribution in [0.2, 0.25) is 0 Å². The highest BCUT2D eigenvalue weighted by molar-refractivity contribution is 5.45. The van der Waals surface area contributed by atoms with E-state index in [2.05, 4.69) is 29.0 Å². The monoisotopic (exact) mass is 265 g/mol. The maximum atomic E-state index is 14.5. The summed E-state index contributed by atoms with van der Waals surface area (Å²) in [6, 6.07) is 2.24. The van der Waals surface area contributed by atoms with Crippen molar-refractivity contribution in [1.29, 1.82) is 0 Å². The lowest BCUT2D eigenvalue weighted by Crippen LogP contribution is -2.30. The number of nitrogens with zero attached hydrogens (tertiary/aromatic N) is 2. The van der Waals surface area contributed by atoms with Crippen LogP contribution in [0.1, 0.15) is 38.7 Å². The van der Waals surface area contributed by atoms with Crippen molar-refractivity contribution >= 4 is 5.82 Å². The van der Waals surface area contributed by atoms with Gasteiger partial charge in [0.15, 0.2) is 11.6 Å². The summed E-state index contributed by atoms with van der Waals surface area (Å²) in [6.45, 7) is 5.85. The molecule has 1 fully saturated rings. The topological polar surface area (TPSA) is 28.2 Å². The van der Waals surface area contributed by atoms with E-state index in [4.69, 9.17) is 0 Å². The largest absolute Gasteiger partial charge is 0.351 e. The summed E-state index contributed by atoms with van der Waals surface area (Å²) in [6.07, 6.45) is 5.12. The molecule has 0 bridgehead atoms. The lowest BCUT2D eigenvalue weighted by atomic mass is 10.1. The van der Waals surface area contributed by atoms with Gasteiger partial charge in [0, 0.05) is 30.9 Å². The van der Waals surface area contributed by atoms with E-state index < -0.39 is 0 Å². The van der Waals surface area contributed by atoms with Gasteiger partial charge < -0.3 is 10.2 Å². The van der Waals surface area contributed by atoms with Crippen LogP contribution in [-0.4, -0.2) is 24.6 Å². The van der Waals surface area contributed by atoms with Gasteiger partial charge in [0.25, 0.3) is 0 Å². The Morgan fingerprint density at radius 2 is 2.21 bits per heavy atom. The molecule has 3 nitrogen and oxygen atoms in total. The zero-order chi connectivity index (χ0) is 13.8. The Bertz CT molecular complexity index is 416. The normalized spacial score (nSPS) is 15.0. The molecule has 19 heavy (non-hydrogen) atoms. The van der Waals surface area contributed by atoms with Crippen molar-refractivity contribution in [2.45, 2.75) is 45.7 Å². The molecule has 1 aliphatic carbocycles. The van der Waals surface area contributed by atoms with Crippen molar-refractivity contribution in [3.63, 3.8) is 0 Å². The summed E-state index contributed by atoms with van der Waals surface area (Å²) in [5.74, 6) is 1.01. The number of aromatic nitrogens is 1. The number of pyridine rings is 1. The Kier molecular flexibility index (Phi) is 4.75. The minimum atomic E-state index is -0.160. The second-order valence-electron chi connectivity index (χ2n) is 5.75. The van der Waals surface area contributed by atoms with E-state index in [1.54, 1.807) is 12.3 Å². The van der Waals surface area contributed by atoms with Crippen LogP contribution in [-0.2, 0) is 6.54 Å². The first-order valence-corrected chi connectivity index (χ1v) is 7.18. The van der Waals surface area contributed by atoms with Crippen molar-refractivity contribution in [1.82, 2.24) is 10.3 Å². The number of rotatable bonds is 7. The fourth-order valence-electron chi connectivity index (χ4n) is 2.24. The van der Waals surface area contributed by atoms with E-state index in [9.17, 15) is 4.39 Å². The van der Waals surface area contributed by atoms with Gasteiger partial charge >= 0.3 is 0 Å². The first-order valence-electron chi connectivity index (χ1n) is 7.18. The van der Waals surface area contributed by atoms with Crippen molar-refractivity contribution in [2.75, 3.05) is 18.5 Å². The van der Waals surface area contributed by atoms with Crippen LogP contribution in [0, 0.1) is 11.7 Å². The van der Waals surface area contributed by atoms with Crippen molar-refractivity contribution in [2.24, 2.45) is 5.92 Å². The molecule has 0 aromatic carbocycles. The molecule has 0 aliphatic heterocycles. The molecule has 0 saturated heterocycles. The molecule has 0 unspecified atom stereocenters. The van der Waals surface area contributed by atoms with Crippen molar-refractivity contribution in [3.8, 4) is 0 Å². The van der Waals surface area contributed by atoms with Gasteiger partial charge in [0.1, 0.15) is 0 Å². The molecule has 1 saturated carbocycles. The molecule has 106 valence electrons. The Balaban J connectivity index is 2.18. The van der Waals surface area contributed by atoms with E-state index in [0.717, 1.165) is 25.8 Å². The van der Waals surface area contributed by atoms with Gasteiger partial charge in [-0.25, -0.2) is 9.37 Å². The molecule has 0 amide bonds. The highest BCUT2D eigenvalue weighted by atomic mass is 19.1. The minimum absolute atomic E-state index is 0.160.